The fourth-order valence-electron chi connectivity index (χ4n) is 1.01. The predicted octanol–water partition coefficient (Wildman–Crippen LogP) is 3.76. The first-order valence-corrected chi connectivity index (χ1v) is 5.10. The summed E-state index contributed by atoms with van der Waals surface area (Å²) >= 11 is 11.3. The lowest BCUT2D eigenvalue weighted by atomic mass is 10.2. The van der Waals surface area contributed by atoms with Crippen molar-refractivity contribution in [3.8, 4) is 0 Å². The average molecular weight is 300 g/mol. The molecule has 0 aliphatic heterocycles. The topological polar surface area (TPSA) is 48.2 Å². The van der Waals surface area contributed by atoms with Crippen LogP contribution in [-0.4, -0.2) is 17.6 Å². The number of alkyl halides is 3. The molecule has 1 rings (SSSR count). The Bertz CT molecular complexity index is 477. The first-order valence-electron chi connectivity index (χ1n) is 4.39. The Morgan fingerprint density at radius 2 is 1.94 bits per heavy atom. The third kappa shape index (κ3) is 3.78. The van der Waals surface area contributed by atoms with Gasteiger partial charge >= 0.3 is 6.18 Å². The van der Waals surface area contributed by atoms with Crippen LogP contribution in [0.5, 0.6) is 0 Å². The van der Waals surface area contributed by atoms with Crippen molar-refractivity contribution in [3.63, 3.8) is 0 Å². The van der Waals surface area contributed by atoms with E-state index in [4.69, 9.17) is 28.6 Å². The second kappa shape index (κ2) is 5.92. The molecule has 0 amide bonds. The van der Waals surface area contributed by atoms with Crippen LogP contribution in [0.25, 0.3) is 0 Å². The van der Waals surface area contributed by atoms with E-state index in [2.05, 4.69) is 10.3 Å². The van der Waals surface area contributed by atoms with Gasteiger partial charge in [0.15, 0.2) is 0 Å². The summed E-state index contributed by atoms with van der Waals surface area (Å²) in [6, 6.07) is 2.64. The molecule has 1 aromatic rings. The molecule has 0 heterocycles. The molecule has 0 bridgehead atoms. The molecule has 18 heavy (non-hydrogen) atoms. The van der Waals surface area contributed by atoms with E-state index in [1.165, 1.54) is 0 Å². The Morgan fingerprint density at radius 3 is 2.44 bits per heavy atom. The smallest absolute Gasteiger partial charge is 0.411 e. The van der Waals surface area contributed by atoms with Crippen LogP contribution in [0.1, 0.15) is 5.56 Å². The molecule has 0 spiro atoms. The SMILES string of the molecule is ON=CC=NN(Cl)c1ccc(C(F)(F)F)cc1Cl. The Morgan fingerprint density at radius 1 is 1.28 bits per heavy atom. The van der Waals surface area contributed by atoms with Crippen molar-refractivity contribution in [1.29, 1.82) is 0 Å². The number of hydrogen-bond donors (Lipinski definition) is 1. The number of halogens is 5. The van der Waals surface area contributed by atoms with Crippen LogP contribution in [0, 0.1) is 0 Å². The van der Waals surface area contributed by atoms with Gasteiger partial charge in [0, 0.05) is 11.8 Å². The number of hydrazone groups is 1. The number of oxime groups is 1. The zero-order chi connectivity index (χ0) is 13.8. The fraction of sp³-hybridized carbons (Fsp3) is 0.111. The van der Waals surface area contributed by atoms with Gasteiger partial charge in [0.1, 0.15) is 0 Å². The van der Waals surface area contributed by atoms with Crippen LogP contribution in [0.2, 0.25) is 5.02 Å². The minimum absolute atomic E-state index is 0.0638. The summed E-state index contributed by atoms with van der Waals surface area (Å²) in [6.07, 6.45) is -2.53. The van der Waals surface area contributed by atoms with Crippen LogP contribution in [-0.2, 0) is 6.18 Å². The Hall–Kier alpha value is -1.47. The van der Waals surface area contributed by atoms with Crippen LogP contribution in [0.3, 0.4) is 0 Å². The molecule has 0 aliphatic rings. The van der Waals surface area contributed by atoms with Gasteiger partial charge in [-0.1, -0.05) is 16.8 Å². The molecule has 4 nitrogen and oxygen atoms in total. The van der Waals surface area contributed by atoms with E-state index < -0.39 is 11.7 Å². The maximum atomic E-state index is 12.4. The Kier molecular flexibility index (Phi) is 4.80. The first kappa shape index (κ1) is 14.6. The monoisotopic (exact) mass is 299 g/mol. The highest BCUT2D eigenvalue weighted by molar-refractivity contribution is 6.36. The van der Waals surface area contributed by atoms with Gasteiger partial charge in [0.25, 0.3) is 0 Å². The van der Waals surface area contributed by atoms with E-state index in [0.29, 0.717) is 0 Å². The minimum Gasteiger partial charge on any atom is -0.411 e. The molecule has 98 valence electrons. The lowest BCUT2D eigenvalue weighted by molar-refractivity contribution is -0.137. The van der Waals surface area contributed by atoms with Crippen molar-refractivity contribution in [3.05, 3.63) is 28.8 Å². The normalized spacial score (nSPS) is 12.5. The second-order valence-electron chi connectivity index (χ2n) is 2.95. The van der Waals surface area contributed by atoms with E-state index in [9.17, 15) is 13.2 Å². The van der Waals surface area contributed by atoms with Crippen molar-refractivity contribution in [1.82, 2.24) is 0 Å². The summed E-state index contributed by atoms with van der Waals surface area (Å²) in [7, 11) is 0. The van der Waals surface area contributed by atoms with Crippen LogP contribution < -0.4 is 4.53 Å². The highest BCUT2D eigenvalue weighted by Crippen LogP contribution is 2.35. The maximum absolute atomic E-state index is 12.4. The third-order valence-electron chi connectivity index (χ3n) is 1.78. The van der Waals surface area contributed by atoms with Crippen LogP contribution in [0.15, 0.2) is 28.5 Å². The highest BCUT2D eigenvalue weighted by atomic mass is 35.5. The summed E-state index contributed by atoms with van der Waals surface area (Å²) in [6.45, 7) is 0. The van der Waals surface area contributed by atoms with Crippen molar-refractivity contribution in [2.24, 2.45) is 10.3 Å². The van der Waals surface area contributed by atoms with Crippen molar-refractivity contribution in [2.75, 3.05) is 4.53 Å². The number of anilines is 1. The first-order chi connectivity index (χ1) is 8.36. The number of hydrogen-bond acceptors (Lipinski definition) is 4. The molecule has 0 saturated heterocycles. The fourth-order valence-corrected chi connectivity index (χ4v) is 1.51. The molecular weight excluding hydrogens is 294 g/mol. The van der Waals surface area contributed by atoms with E-state index in [-0.39, 0.29) is 10.7 Å². The van der Waals surface area contributed by atoms with Gasteiger partial charge in [-0.15, -0.1) is 0 Å². The van der Waals surface area contributed by atoms with Gasteiger partial charge < -0.3 is 5.21 Å². The molecule has 1 N–H and O–H groups in total. The van der Waals surface area contributed by atoms with Gasteiger partial charge in [-0.05, 0) is 18.2 Å². The lowest BCUT2D eigenvalue weighted by Crippen LogP contribution is -2.07. The predicted molar refractivity (Wildman–Crippen MR) is 63.6 cm³/mol. The number of nitrogens with zero attached hydrogens (tertiary/aromatic N) is 3. The molecular formula is C9H6Cl2F3N3O. The molecule has 0 atom stereocenters. The van der Waals surface area contributed by atoms with Gasteiger partial charge in [0.2, 0.25) is 0 Å². The maximum Gasteiger partial charge on any atom is 0.416 e. The molecule has 0 saturated carbocycles. The van der Waals surface area contributed by atoms with Gasteiger partial charge in [0.05, 0.1) is 28.7 Å². The third-order valence-corrected chi connectivity index (χ3v) is 2.35. The van der Waals surface area contributed by atoms with E-state index in [0.717, 1.165) is 35.2 Å². The van der Waals surface area contributed by atoms with Crippen molar-refractivity contribution >= 4 is 41.5 Å². The van der Waals surface area contributed by atoms with Gasteiger partial charge in [-0.3, -0.25) is 0 Å². The highest BCUT2D eigenvalue weighted by Gasteiger charge is 2.31. The number of rotatable bonds is 3. The van der Waals surface area contributed by atoms with E-state index in [1.54, 1.807) is 0 Å². The molecule has 9 heteroatoms. The summed E-state index contributed by atoms with van der Waals surface area (Å²) in [5, 5.41) is 14.0. The quantitative estimate of drug-likeness (QED) is 0.400. The second-order valence-corrected chi connectivity index (χ2v) is 3.68. The van der Waals surface area contributed by atoms with Crippen molar-refractivity contribution in [2.45, 2.75) is 6.18 Å². The van der Waals surface area contributed by atoms with Gasteiger partial charge in [-0.2, -0.15) is 22.8 Å². The Balaban J connectivity index is 2.99. The lowest BCUT2D eigenvalue weighted by Gasteiger charge is -2.13. The largest absolute Gasteiger partial charge is 0.416 e. The summed E-state index contributed by atoms with van der Waals surface area (Å²) < 4.78 is 37.8. The zero-order valence-corrected chi connectivity index (χ0v) is 10.1. The molecule has 0 fully saturated rings. The molecule has 1 aromatic carbocycles. The molecule has 0 radical (unpaired) electrons. The summed E-state index contributed by atoms with van der Waals surface area (Å²) in [4.78, 5) is 0. The summed E-state index contributed by atoms with van der Waals surface area (Å²) in [5.74, 6) is 0. The molecule has 0 aliphatic carbocycles. The molecule has 0 unspecified atom stereocenters. The van der Waals surface area contributed by atoms with Crippen LogP contribution >= 0.6 is 23.4 Å². The zero-order valence-electron chi connectivity index (χ0n) is 8.57. The minimum atomic E-state index is -4.48. The van der Waals surface area contributed by atoms with Gasteiger partial charge in [-0.25, -0.2) is 0 Å². The van der Waals surface area contributed by atoms with Crippen LogP contribution in [0.4, 0.5) is 18.9 Å². The van der Waals surface area contributed by atoms with E-state index in [1.807, 2.05) is 0 Å². The van der Waals surface area contributed by atoms with E-state index >= 15 is 0 Å². The Labute approximate surface area is 110 Å². The average Bonchev–Trinajstić information content (AvgIpc) is 2.27. The van der Waals surface area contributed by atoms with Crippen molar-refractivity contribution < 1.29 is 18.4 Å². The standard InChI is InChI=1S/C9H6Cl2F3N3O/c10-7-5-6(9(12,13)14)1-2-8(7)17(11)15-3-4-16-18/h1-5,18H. The summed E-state index contributed by atoms with van der Waals surface area (Å²) in [5.41, 5.74) is -0.823. The number of benzene rings is 1. The molecule has 0 aromatic heterocycles.